The van der Waals surface area contributed by atoms with Crippen LogP contribution in [0, 0.1) is 0 Å². The molecule has 0 bridgehead atoms. The monoisotopic (exact) mass is 312 g/mol. The third-order valence-electron chi connectivity index (χ3n) is 3.59. The normalized spacial score (nSPS) is 21.8. The SMILES string of the molecule is CC(C)N(Cc1cccs1)C(=O)N1C[C@H](O)C[C@H]1C(=O)O. The predicted octanol–water partition coefficient (Wildman–Crippen LogP) is 1.60. The number of amides is 2. The van der Waals surface area contributed by atoms with Crippen LogP contribution in [0.3, 0.4) is 0 Å². The van der Waals surface area contributed by atoms with E-state index in [9.17, 15) is 19.8 Å². The molecule has 2 heterocycles. The second kappa shape index (κ2) is 6.44. The van der Waals surface area contributed by atoms with E-state index in [2.05, 4.69) is 0 Å². The lowest BCUT2D eigenvalue weighted by Gasteiger charge is -2.32. The van der Waals surface area contributed by atoms with Gasteiger partial charge in [0.25, 0.3) is 0 Å². The van der Waals surface area contributed by atoms with Crippen molar-refractivity contribution in [1.82, 2.24) is 9.80 Å². The molecular weight excluding hydrogens is 292 g/mol. The van der Waals surface area contributed by atoms with Crippen LogP contribution in [0.2, 0.25) is 0 Å². The number of β-amino-alcohol motifs (C(OH)–C–C–N with tert-alkyl or cyclic N) is 1. The van der Waals surface area contributed by atoms with Crippen molar-refractivity contribution < 1.29 is 19.8 Å². The van der Waals surface area contributed by atoms with Gasteiger partial charge in [0.2, 0.25) is 0 Å². The van der Waals surface area contributed by atoms with Crippen LogP contribution in [-0.2, 0) is 11.3 Å². The average Bonchev–Trinajstić information content (AvgIpc) is 3.03. The maximum Gasteiger partial charge on any atom is 0.326 e. The van der Waals surface area contributed by atoms with Crippen molar-refractivity contribution in [2.24, 2.45) is 0 Å². The summed E-state index contributed by atoms with van der Waals surface area (Å²) in [7, 11) is 0. The molecule has 21 heavy (non-hydrogen) atoms. The lowest BCUT2D eigenvalue weighted by Crippen LogP contribution is -2.50. The molecule has 2 N–H and O–H groups in total. The van der Waals surface area contributed by atoms with Crippen molar-refractivity contribution in [2.45, 2.75) is 45.0 Å². The molecule has 0 radical (unpaired) electrons. The van der Waals surface area contributed by atoms with Crippen LogP contribution in [0.25, 0.3) is 0 Å². The minimum atomic E-state index is -1.07. The average molecular weight is 312 g/mol. The molecule has 6 nitrogen and oxygen atoms in total. The van der Waals surface area contributed by atoms with Gasteiger partial charge in [-0.2, -0.15) is 0 Å². The number of carboxylic acids is 1. The number of likely N-dealkylation sites (tertiary alicyclic amines) is 1. The first-order chi connectivity index (χ1) is 9.90. The molecule has 0 saturated carbocycles. The lowest BCUT2D eigenvalue weighted by molar-refractivity contribution is -0.141. The quantitative estimate of drug-likeness (QED) is 0.885. The van der Waals surface area contributed by atoms with Gasteiger partial charge in [-0.25, -0.2) is 9.59 Å². The number of aliphatic carboxylic acids is 1. The van der Waals surface area contributed by atoms with E-state index < -0.39 is 18.1 Å². The van der Waals surface area contributed by atoms with Gasteiger partial charge >= 0.3 is 12.0 Å². The van der Waals surface area contributed by atoms with Crippen molar-refractivity contribution in [3.05, 3.63) is 22.4 Å². The molecule has 1 aromatic heterocycles. The molecular formula is C14H20N2O4S. The summed E-state index contributed by atoms with van der Waals surface area (Å²) in [6.45, 7) is 4.32. The van der Waals surface area contributed by atoms with E-state index in [1.807, 2.05) is 31.4 Å². The summed E-state index contributed by atoms with van der Waals surface area (Å²) >= 11 is 1.56. The molecule has 2 amide bonds. The van der Waals surface area contributed by atoms with Crippen LogP contribution in [0.1, 0.15) is 25.1 Å². The summed E-state index contributed by atoms with van der Waals surface area (Å²) in [4.78, 5) is 27.9. The van der Waals surface area contributed by atoms with Gasteiger partial charge in [-0.1, -0.05) is 6.07 Å². The number of carbonyl (C=O) groups excluding carboxylic acids is 1. The standard InChI is InChI=1S/C14H20N2O4S/c1-9(2)15(8-11-4-3-5-21-11)14(20)16-7-10(17)6-12(16)13(18)19/h3-5,9-10,12,17H,6-8H2,1-2H3,(H,18,19)/t10-,12+/m1/s1. The van der Waals surface area contributed by atoms with E-state index in [-0.39, 0.29) is 25.0 Å². The summed E-state index contributed by atoms with van der Waals surface area (Å²) in [5, 5.41) is 20.8. The lowest BCUT2D eigenvalue weighted by atomic mass is 10.2. The highest BCUT2D eigenvalue weighted by Gasteiger charge is 2.41. The fourth-order valence-corrected chi connectivity index (χ4v) is 3.17. The zero-order chi connectivity index (χ0) is 15.6. The Morgan fingerprint density at radius 1 is 1.52 bits per heavy atom. The molecule has 0 aliphatic carbocycles. The number of rotatable bonds is 4. The Kier molecular flexibility index (Phi) is 4.84. The molecule has 1 aliphatic rings. The number of nitrogens with zero attached hydrogens (tertiary/aromatic N) is 2. The Balaban J connectivity index is 2.16. The van der Waals surface area contributed by atoms with Gasteiger partial charge in [0.05, 0.1) is 12.6 Å². The highest BCUT2D eigenvalue weighted by atomic mass is 32.1. The third-order valence-corrected chi connectivity index (χ3v) is 4.45. The van der Waals surface area contributed by atoms with Crippen LogP contribution in [0.15, 0.2) is 17.5 Å². The number of aliphatic hydroxyl groups excluding tert-OH is 1. The fraction of sp³-hybridized carbons (Fsp3) is 0.571. The van der Waals surface area contributed by atoms with Crippen molar-refractivity contribution >= 4 is 23.3 Å². The topological polar surface area (TPSA) is 81.1 Å². The Labute approximate surface area is 127 Å². The number of thiophene rings is 1. The van der Waals surface area contributed by atoms with Crippen LogP contribution >= 0.6 is 11.3 Å². The summed E-state index contributed by atoms with van der Waals surface area (Å²) in [6, 6.07) is 2.54. The van der Waals surface area contributed by atoms with Crippen LogP contribution < -0.4 is 0 Å². The van der Waals surface area contributed by atoms with E-state index >= 15 is 0 Å². The van der Waals surface area contributed by atoms with Gasteiger partial charge in [-0.15, -0.1) is 11.3 Å². The van der Waals surface area contributed by atoms with Gasteiger partial charge in [-0.05, 0) is 25.3 Å². The van der Waals surface area contributed by atoms with E-state index in [1.165, 1.54) is 4.90 Å². The van der Waals surface area contributed by atoms with Gasteiger partial charge in [0.1, 0.15) is 6.04 Å². The smallest absolute Gasteiger partial charge is 0.326 e. The van der Waals surface area contributed by atoms with Crippen LogP contribution in [0.5, 0.6) is 0 Å². The molecule has 1 fully saturated rings. The molecule has 116 valence electrons. The number of hydrogen-bond donors (Lipinski definition) is 2. The Morgan fingerprint density at radius 3 is 2.76 bits per heavy atom. The van der Waals surface area contributed by atoms with E-state index in [1.54, 1.807) is 16.2 Å². The minimum Gasteiger partial charge on any atom is -0.480 e. The van der Waals surface area contributed by atoms with Crippen molar-refractivity contribution in [3.8, 4) is 0 Å². The maximum absolute atomic E-state index is 12.7. The number of hydrogen-bond acceptors (Lipinski definition) is 4. The van der Waals surface area contributed by atoms with Crippen LogP contribution in [-0.4, -0.2) is 56.7 Å². The second-order valence-electron chi connectivity index (χ2n) is 5.48. The highest BCUT2D eigenvalue weighted by molar-refractivity contribution is 7.09. The van der Waals surface area contributed by atoms with Crippen molar-refractivity contribution in [1.29, 1.82) is 0 Å². The second-order valence-corrected chi connectivity index (χ2v) is 6.51. The van der Waals surface area contributed by atoms with E-state index in [4.69, 9.17) is 0 Å². The molecule has 0 spiro atoms. The van der Waals surface area contributed by atoms with Crippen molar-refractivity contribution in [2.75, 3.05) is 6.54 Å². The fourth-order valence-electron chi connectivity index (χ4n) is 2.47. The minimum absolute atomic E-state index is 0.0493. The Hall–Kier alpha value is -1.60. The van der Waals surface area contributed by atoms with Gasteiger partial charge < -0.3 is 20.0 Å². The zero-order valence-electron chi connectivity index (χ0n) is 12.1. The molecule has 2 atom stereocenters. The number of urea groups is 1. The number of aliphatic hydroxyl groups is 1. The maximum atomic E-state index is 12.7. The third kappa shape index (κ3) is 3.54. The molecule has 7 heteroatoms. The number of carbonyl (C=O) groups is 2. The summed E-state index contributed by atoms with van der Waals surface area (Å²) in [5.74, 6) is -1.07. The molecule has 1 saturated heterocycles. The first-order valence-corrected chi connectivity index (χ1v) is 7.78. The van der Waals surface area contributed by atoms with Gasteiger partial charge in [0.15, 0.2) is 0 Å². The van der Waals surface area contributed by atoms with Gasteiger partial charge in [0, 0.05) is 23.9 Å². The van der Waals surface area contributed by atoms with E-state index in [0.29, 0.717) is 6.54 Å². The first-order valence-electron chi connectivity index (χ1n) is 6.90. The Morgan fingerprint density at radius 2 is 2.24 bits per heavy atom. The first kappa shape index (κ1) is 15.8. The van der Waals surface area contributed by atoms with Gasteiger partial charge in [-0.3, -0.25) is 0 Å². The summed E-state index contributed by atoms with van der Waals surface area (Å²) in [6.07, 6.45) is -0.683. The highest BCUT2D eigenvalue weighted by Crippen LogP contribution is 2.23. The number of carboxylic acid groups (broad SMARTS) is 1. The molecule has 0 unspecified atom stereocenters. The summed E-state index contributed by atoms with van der Waals surface area (Å²) in [5.41, 5.74) is 0. The predicted molar refractivity (Wildman–Crippen MR) is 79.1 cm³/mol. The van der Waals surface area contributed by atoms with Crippen LogP contribution in [0.4, 0.5) is 4.79 Å². The summed E-state index contributed by atoms with van der Waals surface area (Å²) < 4.78 is 0. The van der Waals surface area contributed by atoms with E-state index in [0.717, 1.165) is 4.88 Å². The Bertz CT molecular complexity index is 503. The molecule has 1 aromatic rings. The zero-order valence-corrected chi connectivity index (χ0v) is 12.9. The largest absolute Gasteiger partial charge is 0.480 e. The molecule has 0 aromatic carbocycles. The molecule has 1 aliphatic heterocycles. The molecule has 2 rings (SSSR count). The van der Waals surface area contributed by atoms with Crippen molar-refractivity contribution in [3.63, 3.8) is 0 Å².